The van der Waals surface area contributed by atoms with E-state index in [2.05, 4.69) is 27.8 Å². The number of hydrogen-bond acceptors (Lipinski definition) is 4. The van der Waals surface area contributed by atoms with Gasteiger partial charge in [0.1, 0.15) is 0 Å². The summed E-state index contributed by atoms with van der Waals surface area (Å²) >= 11 is 0. The van der Waals surface area contributed by atoms with E-state index in [0.717, 1.165) is 31.9 Å². The minimum absolute atomic E-state index is 0.518. The average Bonchev–Trinajstić information content (AvgIpc) is 2.40. The third-order valence-corrected chi connectivity index (χ3v) is 3.30. The molecule has 0 atom stereocenters. The van der Waals surface area contributed by atoms with E-state index in [4.69, 9.17) is 5.73 Å². The Bertz CT molecular complexity index is 328. The Morgan fingerprint density at radius 3 is 2.53 bits per heavy atom. The summed E-state index contributed by atoms with van der Waals surface area (Å²) in [4.78, 5) is 9.28. The Hall–Kier alpha value is -1.13. The molecule has 0 spiro atoms. The quantitative estimate of drug-likeness (QED) is 0.846. The Balaban J connectivity index is 1.91. The lowest BCUT2D eigenvalue weighted by Gasteiger charge is -2.35. The fourth-order valence-corrected chi connectivity index (χ4v) is 2.27. The molecule has 1 aromatic rings. The lowest BCUT2D eigenvalue weighted by Crippen LogP contribution is -2.46. The van der Waals surface area contributed by atoms with Gasteiger partial charge in [0.05, 0.1) is 17.6 Å². The van der Waals surface area contributed by atoms with Gasteiger partial charge < -0.3 is 10.6 Å². The summed E-state index contributed by atoms with van der Waals surface area (Å²) < 4.78 is 0. The van der Waals surface area contributed by atoms with Crippen molar-refractivity contribution < 1.29 is 0 Å². The molecule has 0 saturated carbocycles. The van der Waals surface area contributed by atoms with E-state index in [-0.39, 0.29) is 0 Å². The highest BCUT2D eigenvalue weighted by Crippen LogP contribution is 2.15. The molecule has 4 nitrogen and oxygen atoms in total. The molecular formula is C13H22N4. The topological polar surface area (TPSA) is 45.4 Å². The van der Waals surface area contributed by atoms with Gasteiger partial charge in [-0.05, 0) is 25.1 Å². The van der Waals surface area contributed by atoms with Crippen LogP contribution in [0, 0.1) is 0 Å². The lowest BCUT2D eigenvalue weighted by atomic mass is 10.2. The van der Waals surface area contributed by atoms with Crippen LogP contribution >= 0.6 is 0 Å². The summed E-state index contributed by atoms with van der Waals surface area (Å²) in [5.74, 6) is 0. The maximum absolute atomic E-state index is 5.55. The van der Waals surface area contributed by atoms with Crippen LogP contribution in [0.15, 0.2) is 18.3 Å². The van der Waals surface area contributed by atoms with Gasteiger partial charge in [-0.3, -0.25) is 9.88 Å². The summed E-state index contributed by atoms with van der Waals surface area (Å²) in [6.07, 6.45) is 3.18. The van der Waals surface area contributed by atoms with Crippen molar-refractivity contribution in [2.45, 2.75) is 19.9 Å². The van der Waals surface area contributed by atoms with Gasteiger partial charge in [-0.15, -0.1) is 0 Å². The number of pyridine rings is 1. The van der Waals surface area contributed by atoms with Crippen molar-refractivity contribution in [1.82, 2.24) is 9.88 Å². The molecule has 2 rings (SSSR count). The van der Waals surface area contributed by atoms with Crippen LogP contribution < -0.4 is 10.6 Å². The van der Waals surface area contributed by atoms with Gasteiger partial charge >= 0.3 is 0 Å². The van der Waals surface area contributed by atoms with Crippen molar-refractivity contribution in [2.75, 3.05) is 37.6 Å². The van der Waals surface area contributed by atoms with Crippen molar-refractivity contribution in [3.8, 4) is 0 Å². The standard InChI is InChI=1S/C13H22N4/c1-2-5-16-6-8-17(9-7-16)13-4-3-12(10-14)15-11-13/h3-4,11H,2,5-10,14H2,1H3. The number of hydrogen-bond donors (Lipinski definition) is 1. The normalized spacial score (nSPS) is 17.4. The third kappa shape index (κ3) is 3.17. The van der Waals surface area contributed by atoms with Crippen molar-refractivity contribution in [3.63, 3.8) is 0 Å². The molecule has 1 aromatic heterocycles. The van der Waals surface area contributed by atoms with E-state index >= 15 is 0 Å². The molecule has 0 radical (unpaired) electrons. The molecule has 0 amide bonds. The Labute approximate surface area is 103 Å². The van der Waals surface area contributed by atoms with Crippen LogP contribution in [0.5, 0.6) is 0 Å². The highest BCUT2D eigenvalue weighted by molar-refractivity contribution is 5.45. The molecule has 17 heavy (non-hydrogen) atoms. The Morgan fingerprint density at radius 1 is 1.24 bits per heavy atom. The van der Waals surface area contributed by atoms with Crippen LogP contribution in [-0.2, 0) is 6.54 Å². The van der Waals surface area contributed by atoms with Crippen LogP contribution in [-0.4, -0.2) is 42.6 Å². The summed E-state index contributed by atoms with van der Waals surface area (Å²) in [6.45, 7) is 8.50. The first-order valence-corrected chi connectivity index (χ1v) is 6.45. The van der Waals surface area contributed by atoms with Gasteiger partial charge in [0.25, 0.3) is 0 Å². The average molecular weight is 234 g/mol. The highest BCUT2D eigenvalue weighted by atomic mass is 15.3. The van der Waals surface area contributed by atoms with E-state index in [9.17, 15) is 0 Å². The van der Waals surface area contributed by atoms with Gasteiger partial charge in [-0.2, -0.15) is 0 Å². The van der Waals surface area contributed by atoms with E-state index in [0.29, 0.717) is 6.54 Å². The number of anilines is 1. The van der Waals surface area contributed by atoms with E-state index in [1.165, 1.54) is 18.7 Å². The zero-order valence-electron chi connectivity index (χ0n) is 10.6. The second kappa shape index (κ2) is 5.98. The summed E-state index contributed by atoms with van der Waals surface area (Å²) in [5.41, 5.74) is 7.72. The maximum atomic E-state index is 5.55. The smallest absolute Gasteiger partial charge is 0.0553 e. The van der Waals surface area contributed by atoms with Gasteiger partial charge in [0.15, 0.2) is 0 Å². The largest absolute Gasteiger partial charge is 0.368 e. The molecular weight excluding hydrogens is 212 g/mol. The molecule has 1 aliphatic rings. The van der Waals surface area contributed by atoms with E-state index < -0.39 is 0 Å². The first kappa shape index (κ1) is 12.3. The Kier molecular flexibility index (Phi) is 4.34. The van der Waals surface area contributed by atoms with E-state index in [1.807, 2.05) is 12.3 Å². The zero-order chi connectivity index (χ0) is 12.1. The van der Waals surface area contributed by atoms with Crippen molar-refractivity contribution >= 4 is 5.69 Å². The second-order valence-electron chi connectivity index (χ2n) is 4.54. The monoisotopic (exact) mass is 234 g/mol. The first-order chi connectivity index (χ1) is 8.33. The maximum Gasteiger partial charge on any atom is 0.0553 e. The second-order valence-corrected chi connectivity index (χ2v) is 4.54. The zero-order valence-corrected chi connectivity index (χ0v) is 10.6. The predicted octanol–water partition coefficient (Wildman–Crippen LogP) is 1.07. The number of nitrogens with zero attached hydrogens (tertiary/aromatic N) is 3. The van der Waals surface area contributed by atoms with Gasteiger partial charge in [-0.25, -0.2) is 0 Å². The molecule has 0 aliphatic carbocycles. The number of rotatable bonds is 4. The molecule has 1 fully saturated rings. The summed E-state index contributed by atoms with van der Waals surface area (Å²) in [7, 11) is 0. The third-order valence-electron chi connectivity index (χ3n) is 3.30. The van der Waals surface area contributed by atoms with Crippen molar-refractivity contribution in [2.24, 2.45) is 5.73 Å². The number of nitrogens with two attached hydrogens (primary N) is 1. The minimum atomic E-state index is 0.518. The lowest BCUT2D eigenvalue weighted by molar-refractivity contribution is 0.258. The summed E-state index contributed by atoms with van der Waals surface area (Å²) in [5, 5.41) is 0. The van der Waals surface area contributed by atoms with Gasteiger partial charge in [0.2, 0.25) is 0 Å². The highest BCUT2D eigenvalue weighted by Gasteiger charge is 2.16. The Morgan fingerprint density at radius 2 is 2.00 bits per heavy atom. The predicted molar refractivity (Wildman–Crippen MR) is 71.1 cm³/mol. The van der Waals surface area contributed by atoms with Crippen molar-refractivity contribution in [3.05, 3.63) is 24.0 Å². The van der Waals surface area contributed by atoms with Crippen LogP contribution in [0.3, 0.4) is 0 Å². The number of aromatic nitrogens is 1. The van der Waals surface area contributed by atoms with Crippen molar-refractivity contribution in [1.29, 1.82) is 0 Å². The molecule has 1 aliphatic heterocycles. The molecule has 2 heterocycles. The van der Waals surface area contributed by atoms with Gasteiger partial charge in [0, 0.05) is 32.7 Å². The minimum Gasteiger partial charge on any atom is -0.368 e. The molecule has 0 bridgehead atoms. The van der Waals surface area contributed by atoms with E-state index in [1.54, 1.807) is 0 Å². The molecule has 1 saturated heterocycles. The summed E-state index contributed by atoms with van der Waals surface area (Å²) in [6, 6.07) is 4.15. The number of piperazine rings is 1. The molecule has 94 valence electrons. The van der Waals surface area contributed by atoms with Crippen LogP contribution in [0.2, 0.25) is 0 Å². The van der Waals surface area contributed by atoms with Gasteiger partial charge in [-0.1, -0.05) is 6.92 Å². The van der Waals surface area contributed by atoms with Crippen LogP contribution in [0.4, 0.5) is 5.69 Å². The van der Waals surface area contributed by atoms with Crippen LogP contribution in [0.1, 0.15) is 19.0 Å². The SMILES string of the molecule is CCCN1CCN(c2ccc(CN)nc2)CC1. The fourth-order valence-electron chi connectivity index (χ4n) is 2.27. The molecule has 0 aromatic carbocycles. The molecule has 2 N–H and O–H groups in total. The molecule has 4 heteroatoms. The first-order valence-electron chi connectivity index (χ1n) is 6.45. The molecule has 0 unspecified atom stereocenters. The van der Waals surface area contributed by atoms with Crippen LogP contribution in [0.25, 0.3) is 0 Å². The fraction of sp³-hybridized carbons (Fsp3) is 0.615.